The van der Waals surface area contributed by atoms with E-state index < -0.39 is 0 Å². The van der Waals surface area contributed by atoms with Gasteiger partial charge in [0.05, 0.1) is 4.47 Å². The highest BCUT2D eigenvalue weighted by Crippen LogP contribution is 2.24. The molecule has 0 saturated heterocycles. The van der Waals surface area contributed by atoms with Gasteiger partial charge in [0.25, 0.3) is 5.91 Å². The first-order chi connectivity index (χ1) is 11.4. The van der Waals surface area contributed by atoms with E-state index in [0.717, 1.165) is 0 Å². The SMILES string of the molecule is Cc1cc(F)c(Br)cc1NC(=O)C[C@@H](C)NC(=O)c1ccccc1. The Kier molecular flexibility index (Phi) is 6.09. The molecule has 2 aromatic rings. The van der Waals surface area contributed by atoms with Crippen LogP contribution in [-0.4, -0.2) is 17.9 Å². The van der Waals surface area contributed by atoms with E-state index in [9.17, 15) is 14.0 Å². The summed E-state index contributed by atoms with van der Waals surface area (Å²) in [6.07, 6.45) is 0.118. The second kappa shape index (κ2) is 8.06. The summed E-state index contributed by atoms with van der Waals surface area (Å²) in [5.74, 6) is -0.858. The topological polar surface area (TPSA) is 58.2 Å². The zero-order valence-electron chi connectivity index (χ0n) is 13.4. The number of rotatable bonds is 5. The first-order valence-electron chi connectivity index (χ1n) is 7.48. The number of anilines is 1. The molecule has 2 rings (SSSR count). The van der Waals surface area contributed by atoms with Crippen molar-refractivity contribution in [1.82, 2.24) is 5.32 Å². The van der Waals surface area contributed by atoms with Crippen LogP contribution in [0.2, 0.25) is 0 Å². The third-order valence-electron chi connectivity index (χ3n) is 3.45. The Bertz CT molecular complexity index is 750. The highest BCUT2D eigenvalue weighted by atomic mass is 79.9. The number of hydrogen-bond donors (Lipinski definition) is 2. The maximum absolute atomic E-state index is 13.4. The normalized spacial score (nSPS) is 11.7. The molecule has 1 atom stereocenters. The quantitative estimate of drug-likeness (QED) is 0.806. The van der Waals surface area contributed by atoms with Gasteiger partial charge in [0.2, 0.25) is 5.91 Å². The molecule has 2 N–H and O–H groups in total. The lowest BCUT2D eigenvalue weighted by Crippen LogP contribution is -2.35. The Labute approximate surface area is 148 Å². The van der Waals surface area contributed by atoms with Crippen molar-refractivity contribution in [2.24, 2.45) is 0 Å². The molecule has 6 heteroatoms. The average Bonchev–Trinajstić information content (AvgIpc) is 2.53. The molecule has 126 valence electrons. The fourth-order valence-corrected chi connectivity index (χ4v) is 2.55. The average molecular weight is 393 g/mol. The predicted octanol–water partition coefficient (Wildman–Crippen LogP) is 4.04. The molecule has 4 nitrogen and oxygen atoms in total. The van der Waals surface area contributed by atoms with Gasteiger partial charge < -0.3 is 10.6 Å². The summed E-state index contributed by atoms with van der Waals surface area (Å²) in [5.41, 5.74) is 1.71. The lowest BCUT2D eigenvalue weighted by Gasteiger charge is -2.15. The zero-order valence-corrected chi connectivity index (χ0v) is 15.0. The van der Waals surface area contributed by atoms with Gasteiger partial charge in [0.15, 0.2) is 0 Å². The first kappa shape index (κ1) is 18.1. The summed E-state index contributed by atoms with van der Waals surface area (Å²) in [4.78, 5) is 24.2. The minimum Gasteiger partial charge on any atom is -0.349 e. The number of carbonyl (C=O) groups is 2. The fourth-order valence-electron chi connectivity index (χ4n) is 2.21. The number of nitrogens with one attached hydrogen (secondary N) is 2. The predicted molar refractivity (Wildman–Crippen MR) is 95.5 cm³/mol. The second-order valence-corrected chi connectivity index (χ2v) is 6.43. The molecule has 0 aliphatic carbocycles. The number of hydrogen-bond acceptors (Lipinski definition) is 2. The van der Waals surface area contributed by atoms with E-state index >= 15 is 0 Å². The fraction of sp³-hybridized carbons (Fsp3) is 0.222. The van der Waals surface area contributed by atoms with E-state index in [0.29, 0.717) is 16.8 Å². The van der Waals surface area contributed by atoms with Crippen molar-refractivity contribution < 1.29 is 14.0 Å². The van der Waals surface area contributed by atoms with Crippen molar-refractivity contribution in [3.05, 3.63) is 63.9 Å². The van der Waals surface area contributed by atoms with Gasteiger partial charge in [0.1, 0.15) is 5.82 Å². The van der Waals surface area contributed by atoms with Gasteiger partial charge in [-0.1, -0.05) is 18.2 Å². The van der Waals surface area contributed by atoms with Gasteiger partial charge in [0, 0.05) is 23.7 Å². The molecule has 0 spiro atoms. The van der Waals surface area contributed by atoms with E-state index in [1.54, 1.807) is 38.1 Å². The standard InChI is InChI=1S/C18H18BrFN2O2/c1-11-8-15(20)14(19)10-16(11)22-17(23)9-12(2)21-18(24)13-6-4-3-5-7-13/h3-8,10,12H,9H2,1-2H3,(H,21,24)(H,22,23)/t12-/m1/s1. The number of aryl methyl sites for hydroxylation is 1. The highest BCUT2D eigenvalue weighted by molar-refractivity contribution is 9.10. The van der Waals surface area contributed by atoms with Crippen molar-refractivity contribution in [2.75, 3.05) is 5.32 Å². The van der Waals surface area contributed by atoms with Crippen LogP contribution >= 0.6 is 15.9 Å². The van der Waals surface area contributed by atoms with Gasteiger partial charge in [-0.2, -0.15) is 0 Å². The Balaban J connectivity index is 1.92. The molecule has 0 aliphatic heterocycles. The molecule has 24 heavy (non-hydrogen) atoms. The summed E-state index contributed by atoms with van der Waals surface area (Å²) < 4.78 is 13.7. The molecule has 0 unspecified atom stereocenters. The highest BCUT2D eigenvalue weighted by Gasteiger charge is 2.14. The lowest BCUT2D eigenvalue weighted by molar-refractivity contribution is -0.116. The summed E-state index contributed by atoms with van der Waals surface area (Å²) in [6, 6.07) is 11.3. The number of halogens is 2. The van der Waals surface area contributed by atoms with Gasteiger partial charge in [-0.25, -0.2) is 4.39 Å². The molecular weight excluding hydrogens is 375 g/mol. The number of amides is 2. The Hall–Kier alpha value is -2.21. The van der Waals surface area contributed by atoms with Crippen LogP contribution in [0, 0.1) is 12.7 Å². The molecule has 0 aromatic heterocycles. The molecule has 0 radical (unpaired) electrons. The van der Waals surface area contributed by atoms with Crippen molar-refractivity contribution in [1.29, 1.82) is 0 Å². The third kappa shape index (κ3) is 4.89. The summed E-state index contributed by atoms with van der Waals surface area (Å²) in [6.45, 7) is 3.47. The van der Waals surface area contributed by atoms with Crippen LogP contribution in [0.15, 0.2) is 46.9 Å². The molecule has 2 aromatic carbocycles. The van der Waals surface area contributed by atoms with Crippen molar-refractivity contribution in [2.45, 2.75) is 26.3 Å². The maximum Gasteiger partial charge on any atom is 0.251 e. The van der Waals surface area contributed by atoms with E-state index in [1.807, 2.05) is 6.07 Å². The summed E-state index contributed by atoms with van der Waals surface area (Å²) in [7, 11) is 0. The van der Waals surface area contributed by atoms with Gasteiger partial charge in [-0.15, -0.1) is 0 Å². The molecule has 0 heterocycles. The van der Waals surface area contributed by atoms with E-state index in [2.05, 4.69) is 26.6 Å². The van der Waals surface area contributed by atoms with Crippen LogP contribution in [0.25, 0.3) is 0 Å². The molecule has 0 aliphatic rings. The smallest absolute Gasteiger partial charge is 0.251 e. The van der Waals surface area contributed by atoms with Crippen molar-refractivity contribution in [3.63, 3.8) is 0 Å². The molecule has 0 bridgehead atoms. The Morgan fingerprint density at radius 3 is 2.54 bits per heavy atom. The molecule has 0 fully saturated rings. The minimum atomic E-state index is -0.381. The van der Waals surface area contributed by atoms with E-state index in [1.165, 1.54) is 12.1 Å². The van der Waals surface area contributed by atoms with Crippen LogP contribution in [0.3, 0.4) is 0 Å². The maximum atomic E-state index is 13.4. The first-order valence-corrected chi connectivity index (χ1v) is 8.27. The molecule has 2 amide bonds. The molecular formula is C18H18BrFN2O2. The monoisotopic (exact) mass is 392 g/mol. The van der Waals surface area contributed by atoms with Gasteiger partial charge in [-0.3, -0.25) is 9.59 Å². The summed E-state index contributed by atoms with van der Waals surface area (Å²) >= 11 is 3.10. The number of benzene rings is 2. The van der Waals surface area contributed by atoms with Crippen LogP contribution < -0.4 is 10.6 Å². The minimum absolute atomic E-state index is 0.118. The lowest BCUT2D eigenvalue weighted by atomic mass is 10.1. The van der Waals surface area contributed by atoms with E-state index in [4.69, 9.17) is 0 Å². The third-order valence-corrected chi connectivity index (χ3v) is 4.05. The summed E-state index contributed by atoms with van der Waals surface area (Å²) in [5, 5.41) is 5.51. The van der Waals surface area contributed by atoms with Crippen molar-refractivity contribution in [3.8, 4) is 0 Å². The zero-order chi connectivity index (χ0) is 17.7. The largest absolute Gasteiger partial charge is 0.349 e. The van der Waals surface area contributed by atoms with Crippen LogP contribution in [-0.2, 0) is 4.79 Å². The molecule has 0 saturated carbocycles. The van der Waals surface area contributed by atoms with E-state index in [-0.39, 0.29) is 34.6 Å². The Morgan fingerprint density at radius 2 is 1.88 bits per heavy atom. The van der Waals surface area contributed by atoms with Gasteiger partial charge >= 0.3 is 0 Å². The second-order valence-electron chi connectivity index (χ2n) is 5.57. The van der Waals surface area contributed by atoms with Crippen LogP contribution in [0.1, 0.15) is 29.3 Å². The van der Waals surface area contributed by atoms with Gasteiger partial charge in [-0.05, 0) is 59.6 Å². The van der Waals surface area contributed by atoms with Crippen molar-refractivity contribution >= 4 is 33.4 Å². The van der Waals surface area contributed by atoms with Crippen LogP contribution in [0.4, 0.5) is 10.1 Å². The van der Waals surface area contributed by atoms with Crippen LogP contribution in [0.5, 0.6) is 0 Å². The Morgan fingerprint density at radius 1 is 1.21 bits per heavy atom. The number of carbonyl (C=O) groups excluding carboxylic acids is 2.